The normalized spacial score (nSPS) is 14.4. The van der Waals surface area contributed by atoms with Gasteiger partial charge in [0.25, 0.3) is 0 Å². The van der Waals surface area contributed by atoms with Gasteiger partial charge in [-0.05, 0) is 24.1 Å². The van der Waals surface area contributed by atoms with Gasteiger partial charge in [0, 0.05) is 0 Å². The van der Waals surface area contributed by atoms with Crippen LogP contribution in [-0.2, 0) is 11.0 Å². The molecule has 0 bridgehead atoms. The lowest BCUT2D eigenvalue weighted by atomic mass is 9.99. The highest BCUT2D eigenvalue weighted by molar-refractivity contribution is 5.95. The number of carbonyl (C=O) groups is 1. The summed E-state index contributed by atoms with van der Waals surface area (Å²) < 4.78 is 43.8. The summed E-state index contributed by atoms with van der Waals surface area (Å²) in [5, 5.41) is 2.24. The molecule has 0 aliphatic rings. The van der Waals surface area contributed by atoms with Gasteiger partial charge >= 0.3 is 6.18 Å². The van der Waals surface area contributed by atoms with Gasteiger partial charge in [-0.2, -0.15) is 13.2 Å². The van der Waals surface area contributed by atoms with Crippen LogP contribution < -0.4 is 15.8 Å². The number of amides is 1. The van der Waals surface area contributed by atoms with Crippen molar-refractivity contribution in [3.05, 3.63) is 23.8 Å². The van der Waals surface area contributed by atoms with Crippen molar-refractivity contribution >= 4 is 11.6 Å². The molecular weight excluding hydrogens is 285 g/mol. The van der Waals surface area contributed by atoms with Crippen LogP contribution in [0.1, 0.15) is 25.8 Å². The minimum atomic E-state index is -4.60. The number of methoxy groups -OCH3 is 1. The Morgan fingerprint density at radius 3 is 2.52 bits per heavy atom. The molecule has 0 heterocycles. The maximum absolute atomic E-state index is 13.0. The average molecular weight is 304 g/mol. The largest absolute Gasteiger partial charge is 0.497 e. The number of benzene rings is 1. The molecule has 0 aliphatic carbocycles. The van der Waals surface area contributed by atoms with Crippen LogP contribution in [0.5, 0.6) is 5.75 Å². The molecule has 1 amide bonds. The molecule has 2 atom stereocenters. The third kappa shape index (κ3) is 4.35. The first-order valence-electron chi connectivity index (χ1n) is 6.52. The third-order valence-corrected chi connectivity index (χ3v) is 3.35. The van der Waals surface area contributed by atoms with E-state index in [0.717, 1.165) is 12.1 Å². The number of anilines is 1. The molecule has 1 aromatic carbocycles. The van der Waals surface area contributed by atoms with E-state index in [-0.39, 0.29) is 17.4 Å². The van der Waals surface area contributed by atoms with Crippen molar-refractivity contribution in [3.63, 3.8) is 0 Å². The van der Waals surface area contributed by atoms with Gasteiger partial charge in [0.1, 0.15) is 5.75 Å². The quantitative estimate of drug-likeness (QED) is 0.879. The molecule has 1 unspecified atom stereocenters. The molecule has 118 valence electrons. The Kier molecular flexibility index (Phi) is 5.60. The lowest BCUT2D eigenvalue weighted by Crippen LogP contribution is -2.41. The maximum Gasteiger partial charge on any atom is 0.418 e. The van der Waals surface area contributed by atoms with Gasteiger partial charge in [-0.3, -0.25) is 4.79 Å². The summed E-state index contributed by atoms with van der Waals surface area (Å²) in [6, 6.07) is 2.48. The number of ether oxygens (including phenoxy) is 1. The van der Waals surface area contributed by atoms with E-state index < -0.39 is 23.7 Å². The van der Waals surface area contributed by atoms with Crippen molar-refractivity contribution in [3.8, 4) is 5.75 Å². The van der Waals surface area contributed by atoms with Gasteiger partial charge in [0.2, 0.25) is 5.91 Å². The Hall–Kier alpha value is -1.76. The van der Waals surface area contributed by atoms with E-state index in [1.165, 1.54) is 13.2 Å². The van der Waals surface area contributed by atoms with E-state index in [1.54, 1.807) is 6.92 Å². The van der Waals surface area contributed by atoms with Crippen molar-refractivity contribution in [2.75, 3.05) is 12.4 Å². The predicted molar refractivity (Wildman–Crippen MR) is 74.1 cm³/mol. The minimum Gasteiger partial charge on any atom is -0.497 e. The second-order valence-corrected chi connectivity index (χ2v) is 4.81. The first kappa shape index (κ1) is 17.3. The van der Waals surface area contributed by atoms with Crippen LogP contribution in [0.15, 0.2) is 18.2 Å². The van der Waals surface area contributed by atoms with Crippen LogP contribution in [0.2, 0.25) is 0 Å². The lowest BCUT2D eigenvalue weighted by Gasteiger charge is -2.20. The number of nitrogens with one attached hydrogen (secondary N) is 1. The molecule has 7 heteroatoms. The van der Waals surface area contributed by atoms with Crippen LogP contribution in [0.3, 0.4) is 0 Å². The van der Waals surface area contributed by atoms with Crippen molar-refractivity contribution in [1.82, 2.24) is 0 Å². The van der Waals surface area contributed by atoms with Crippen LogP contribution in [0, 0.1) is 5.92 Å². The molecule has 1 rings (SSSR count). The standard InChI is InChI=1S/C14H19F3N2O2/c1-4-8(2)12(18)13(20)19-11-6-5-9(21-3)7-10(11)14(15,16)17/h5-8,12H,4,18H2,1-3H3,(H,19,20)/t8?,12-/m0/s1. The Labute approximate surface area is 121 Å². The zero-order valence-electron chi connectivity index (χ0n) is 12.1. The number of nitrogens with two attached hydrogens (primary N) is 1. The molecule has 3 N–H and O–H groups in total. The Morgan fingerprint density at radius 2 is 2.05 bits per heavy atom. The third-order valence-electron chi connectivity index (χ3n) is 3.35. The SMILES string of the molecule is CCC(C)[C@H](N)C(=O)Nc1ccc(OC)cc1C(F)(F)F. The molecule has 1 aromatic rings. The van der Waals surface area contributed by atoms with Gasteiger partial charge in [-0.15, -0.1) is 0 Å². The van der Waals surface area contributed by atoms with Crippen molar-refractivity contribution in [2.45, 2.75) is 32.5 Å². The molecule has 0 radical (unpaired) electrons. The van der Waals surface area contributed by atoms with Gasteiger partial charge in [0.05, 0.1) is 24.4 Å². The molecule has 0 saturated heterocycles. The van der Waals surface area contributed by atoms with Crippen molar-refractivity contribution < 1.29 is 22.7 Å². The summed E-state index contributed by atoms with van der Waals surface area (Å²) in [5.74, 6) is -0.704. The van der Waals surface area contributed by atoms with Crippen LogP contribution in [0.25, 0.3) is 0 Å². The van der Waals surface area contributed by atoms with E-state index in [1.807, 2.05) is 6.92 Å². The number of hydrogen-bond donors (Lipinski definition) is 2. The van der Waals surface area contributed by atoms with E-state index in [2.05, 4.69) is 5.32 Å². The monoisotopic (exact) mass is 304 g/mol. The van der Waals surface area contributed by atoms with E-state index in [4.69, 9.17) is 10.5 Å². The number of halogens is 3. The van der Waals surface area contributed by atoms with Crippen molar-refractivity contribution in [2.24, 2.45) is 11.7 Å². The summed E-state index contributed by atoms with van der Waals surface area (Å²) in [4.78, 5) is 11.9. The molecule has 0 aromatic heterocycles. The van der Waals surface area contributed by atoms with Crippen molar-refractivity contribution in [1.29, 1.82) is 0 Å². The number of rotatable bonds is 5. The lowest BCUT2D eigenvalue weighted by molar-refractivity contribution is -0.137. The van der Waals surface area contributed by atoms with Crippen LogP contribution in [0.4, 0.5) is 18.9 Å². The molecule has 0 saturated carbocycles. The fourth-order valence-electron chi connectivity index (χ4n) is 1.72. The summed E-state index contributed by atoms with van der Waals surface area (Å²) >= 11 is 0. The average Bonchev–Trinajstić information content (AvgIpc) is 2.44. The minimum absolute atomic E-state index is 0.0616. The Bertz CT molecular complexity index is 503. The van der Waals surface area contributed by atoms with Gasteiger partial charge in [-0.25, -0.2) is 0 Å². The molecular formula is C14H19F3N2O2. The fourth-order valence-corrected chi connectivity index (χ4v) is 1.72. The molecule has 0 spiro atoms. The summed E-state index contributed by atoms with van der Waals surface area (Å²) in [5.41, 5.74) is 4.42. The Balaban J connectivity index is 3.05. The number of alkyl halides is 3. The smallest absolute Gasteiger partial charge is 0.418 e. The fraction of sp³-hybridized carbons (Fsp3) is 0.500. The summed E-state index contributed by atoms with van der Waals surface area (Å²) in [6.45, 7) is 3.62. The Morgan fingerprint density at radius 1 is 1.43 bits per heavy atom. The van der Waals surface area contributed by atoms with E-state index in [9.17, 15) is 18.0 Å². The van der Waals surface area contributed by atoms with Gasteiger partial charge in [-0.1, -0.05) is 20.3 Å². The first-order chi connectivity index (χ1) is 9.70. The second-order valence-electron chi connectivity index (χ2n) is 4.81. The topological polar surface area (TPSA) is 64.4 Å². The molecule has 4 nitrogen and oxygen atoms in total. The molecule has 0 aliphatic heterocycles. The first-order valence-corrected chi connectivity index (χ1v) is 6.52. The van der Waals surface area contributed by atoms with E-state index >= 15 is 0 Å². The predicted octanol–water partition coefficient (Wildman–Crippen LogP) is 3.03. The highest BCUT2D eigenvalue weighted by atomic mass is 19.4. The van der Waals surface area contributed by atoms with E-state index in [0.29, 0.717) is 6.42 Å². The van der Waals surface area contributed by atoms with Gasteiger partial charge in [0.15, 0.2) is 0 Å². The second kappa shape index (κ2) is 6.80. The van der Waals surface area contributed by atoms with Crippen LogP contribution >= 0.6 is 0 Å². The molecule has 0 fully saturated rings. The zero-order chi connectivity index (χ0) is 16.2. The molecule has 21 heavy (non-hydrogen) atoms. The zero-order valence-corrected chi connectivity index (χ0v) is 12.1. The maximum atomic E-state index is 13.0. The summed E-state index contributed by atoms with van der Waals surface area (Å²) in [7, 11) is 1.27. The van der Waals surface area contributed by atoms with Crippen LogP contribution in [-0.4, -0.2) is 19.1 Å². The highest BCUT2D eigenvalue weighted by Crippen LogP contribution is 2.37. The number of hydrogen-bond acceptors (Lipinski definition) is 3. The summed E-state index contributed by atoms with van der Waals surface area (Å²) in [6.07, 6.45) is -3.94. The highest BCUT2D eigenvalue weighted by Gasteiger charge is 2.35. The number of carbonyl (C=O) groups excluding carboxylic acids is 1. The van der Waals surface area contributed by atoms with Gasteiger partial charge < -0.3 is 15.8 Å².